The predicted molar refractivity (Wildman–Crippen MR) is 59.5 cm³/mol. The quantitative estimate of drug-likeness (QED) is 0.366. The maximum atomic E-state index is 3.67. The van der Waals surface area contributed by atoms with Crippen molar-refractivity contribution in [1.82, 2.24) is 0 Å². The second-order valence-electron chi connectivity index (χ2n) is 3.06. The van der Waals surface area contributed by atoms with Crippen LogP contribution in [0.15, 0.2) is 0 Å². The monoisotopic (exact) mass is 230 g/mol. The molecule has 1 unspecified atom stereocenters. The highest BCUT2D eigenvalue weighted by atomic mass is 79.9. The zero-order valence-electron chi connectivity index (χ0n) is 8.20. The van der Waals surface area contributed by atoms with Crippen LogP contribution in [0.1, 0.15) is 52.4 Å². The van der Waals surface area contributed by atoms with Crippen LogP contribution in [0.4, 0.5) is 0 Å². The summed E-state index contributed by atoms with van der Waals surface area (Å²) in [5.41, 5.74) is 0. The number of hydrogen-bond acceptors (Lipinski definition) is 0. The normalized spacial score (nSPS) is 11.9. The summed E-state index contributed by atoms with van der Waals surface area (Å²) in [4.78, 5) is 0.733. The molecule has 70 valence electrons. The summed E-state index contributed by atoms with van der Waals surface area (Å²) in [5.74, 6) is 6.01. The molecule has 0 aromatic carbocycles. The molecule has 0 rings (SSSR count). The Balaban J connectivity index is 3.11. The molecule has 12 heavy (non-hydrogen) atoms. The zero-order valence-corrected chi connectivity index (χ0v) is 9.78. The van der Waals surface area contributed by atoms with E-state index in [-0.39, 0.29) is 0 Å². The molecule has 0 aliphatic rings. The first-order valence-corrected chi connectivity index (χ1v) is 5.76. The summed E-state index contributed by atoms with van der Waals surface area (Å²) in [5, 5.41) is 0. The van der Waals surface area contributed by atoms with Crippen molar-refractivity contribution in [3.05, 3.63) is 0 Å². The molecule has 0 saturated carbocycles. The molecule has 0 fully saturated rings. The Morgan fingerprint density at radius 1 is 1.25 bits per heavy atom. The molecule has 0 spiro atoms. The van der Waals surface area contributed by atoms with E-state index in [1.54, 1.807) is 0 Å². The first-order valence-electron chi connectivity index (χ1n) is 4.85. The standard InChI is InChI=1S/C11H19Br/c1-3-5-6-7-8-10-11(12)9-4-2/h11H,4,6-10H2,1-2H3. The first kappa shape index (κ1) is 12.0. The highest BCUT2D eigenvalue weighted by Gasteiger charge is 2.00. The SMILES string of the molecule is CC#CCCCCC(Br)CCC. The fourth-order valence-corrected chi connectivity index (χ4v) is 1.94. The topological polar surface area (TPSA) is 0 Å². The van der Waals surface area contributed by atoms with Crippen molar-refractivity contribution in [3.63, 3.8) is 0 Å². The molecule has 0 nitrogen and oxygen atoms in total. The van der Waals surface area contributed by atoms with Crippen LogP contribution in [0, 0.1) is 11.8 Å². The van der Waals surface area contributed by atoms with E-state index in [0.717, 1.165) is 11.2 Å². The average Bonchev–Trinajstić information content (AvgIpc) is 2.05. The van der Waals surface area contributed by atoms with Gasteiger partial charge in [-0.15, -0.1) is 11.8 Å². The van der Waals surface area contributed by atoms with Crippen LogP contribution in [0.3, 0.4) is 0 Å². The molecule has 0 bridgehead atoms. The highest BCUT2D eigenvalue weighted by molar-refractivity contribution is 9.09. The van der Waals surface area contributed by atoms with E-state index in [1.807, 2.05) is 6.92 Å². The molecule has 1 atom stereocenters. The molecule has 0 aliphatic carbocycles. The second-order valence-corrected chi connectivity index (χ2v) is 4.35. The first-order chi connectivity index (χ1) is 5.81. The lowest BCUT2D eigenvalue weighted by molar-refractivity contribution is 0.634. The summed E-state index contributed by atoms with van der Waals surface area (Å²) >= 11 is 3.67. The zero-order chi connectivity index (χ0) is 9.23. The van der Waals surface area contributed by atoms with Gasteiger partial charge < -0.3 is 0 Å². The molecular formula is C11H19Br. The van der Waals surface area contributed by atoms with Crippen molar-refractivity contribution >= 4 is 15.9 Å². The molecule has 0 aromatic rings. The third-order valence-corrected chi connectivity index (χ3v) is 2.76. The summed E-state index contributed by atoms with van der Waals surface area (Å²) in [7, 11) is 0. The van der Waals surface area contributed by atoms with Crippen molar-refractivity contribution in [2.24, 2.45) is 0 Å². The Hall–Kier alpha value is 0.0400. The van der Waals surface area contributed by atoms with E-state index in [9.17, 15) is 0 Å². The fourth-order valence-electron chi connectivity index (χ4n) is 1.16. The fraction of sp³-hybridized carbons (Fsp3) is 0.818. The van der Waals surface area contributed by atoms with Gasteiger partial charge in [-0.05, 0) is 26.2 Å². The summed E-state index contributed by atoms with van der Waals surface area (Å²) in [6.07, 6.45) is 7.53. The van der Waals surface area contributed by atoms with Gasteiger partial charge in [0.2, 0.25) is 0 Å². The predicted octanol–water partition coefficient (Wildman–Crippen LogP) is 4.13. The Morgan fingerprint density at radius 2 is 2.00 bits per heavy atom. The van der Waals surface area contributed by atoms with E-state index in [1.165, 1.54) is 32.1 Å². The molecule has 0 amide bonds. The van der Waals surface area contributed by atoms with Crippen LogP contribution in [-0.2, 0) is 0 Å². The molecule has 0 aliphatic heterocycles. The van der Waals surface area contributed by atoms with Gasteiger partial charge in [-0.25, -0.2) is 0 Å². The number of alkyl halides is 1. The van der Waals surface area contributed by atoms with Crippen molar-refractivity contribution < 1.29 is 0 Å². The van der Waals surface area contributed by atoms with Gasteiger partial charge >= 0.3 is 0 Å². The Bertz CT molecular complexity index is 141. The molecule has 0 aromatic heterocycles. The minimum Gasteiger partial charge on any atom is -0.107 e. The summed E-state index contributed by atoms with van der Waals surface area (Å²) in [6.45, 7) is 4.14. The van der Waals surface area contributed by atoms with Crippen LogP contribution < -0.4 is 0 Å². The number of rotatable bonds is 6. The largest absolute Gasteiger partial charge is 0.107 e. The Kier molecular flexibility index (Phi) is 9.16. The van der Waals surface area contributed by atoms with Gasteiger partial charge in [-0.1, -0.05) is 35.7 Å². The lowest BCUT2D eigenvalue weighted by Gasteiger charge is -2.05. The molecule has 1 heteroatoms. The van der Waals surface area contributed by atoms with Crippen molar-refractivity contribution in [1.29, 1.82) is 0 Å². The van der Waals surface area contributed by atoms with Crippen LogP contribution in [0.25, 0.3) is 0 Å². The third-order valence-electron chi connectivity index (χ3n) is 1.85. The lowest BCUT2D eigenvalue weighted by atomic mass is 10.1. The second kappa shape index (κ2) is 9.13. The molecule has 0 radical (unpaired) electrons. The lowest BCUT2D eigenvalue weighted by Crippen LogP contribution is -1.95. The molecular weight excluding hydrogens is 212 g/mol. The minimum atomic E-state index is 0.733. The van der Waals surface area contributed by atoms with E-state index < -0.39 is 0 Å². The summed E-state index contributed by atoms with van der Waals surface area (Å²) < 4.78 is 0. The minimum absolute atomic E-state index is 0.733. The van der Waals surface area contributed by atoms with E-state index in [0.29, 0.717) is 0 Å². The van der Waals surface area contributed by atoms with Gasteiger partial charge in [0.25, 0.3) is 0 Å². The van der Waals surface area contributed by atoms with Gasteiger partial charge in [0, 0.05) is 11.2 Å². The van der Waals surface area contributed by atoms with Crippen LogP contribution in [0.5, 0.6) is 0 Å². The molecule has 0 heterocycles. The van der Waals surface area contributed by atoms with Crippen molar-refractivity contribution in [3.8, 4) is 11.8 Å². The van der Waals surface area contributed by atoms with Gasteiger partial charge in [0.05, 0.1) is 0 Å². The van der Waals surface area contributed by atoms with E-state index in [4.69, 9.17) is 0 Å². The maximum absolute atomic E-state index is 3.67. The summed E-state index contributed by atoms with van der Waals surface area (Å²) in [6, 6.07) is 0. The molecule has 0 saturated heterocycles. The van der Waals surface area contributed by atoms with Crippen molar-refractivity contribution in [2.75, 3.05) is 0 Å². The highest BCUT2D eigenvalue weighted by Crippen LogP contribution is 2.15. The third kappa shape index (κ3) is 8.14. The van der Waals surface area contributed by atoms with Crippen molar-refractivity contribution in [2.45, 2.75) is 57.2 Å². The number of unbranched alkanes of at least 4 members (excludes halogenated alkanes) is 2. The number of halogens is 1. The van der Waals surface area contributed by atoms with Gasteiger partial charge in [0.15, 0.2) is 0 Å². The Morgan fingerprint density at radius 3 is 2.58 bits per heavy atom. The average molecular weight is 231 g/mol. The van der Waals surface area contributed by atoms with Crippen LogP contribution in [0.2, 0.25) is 0 Å². The molecule has 0 N–H and O–H groups in total. The van der Waals surface area contributed by atoms with Crippen LogP contribution in [-0.4, -0.2) is 4.83 Å². The van der Waals surface area contributed by atoms with Gasteiger partial charge in [-0.3, -0.25) is 0 Å². The smallest absolute Gasteiger partial charge is 0.0145 e. The van der Waals surface area contributed by atoms with Gasteiger partial charge in [0.1, 0.15) is 0 Å². The van der Waals surface area contributed by atoms with E-state index in [2.05, 4.69) is 34.7 Å². The van der Waals surface area contributed by atoms with Gasteiger partial charge in [-0.2, -0.15) is 0 Å². The van der Waals surface area contributed by atoms with Crippen LogP contribution >= 0.6 is 15.9 Å². The maximum Gasteiger partial charge on any atom is 0.0145 e. The Labute approximate surface area is 85.3 Å². The van der Waals surface area contributed by atoms with E-state index >= 15 is 0 Å². The number of hydrogen-bond donors (Lipinski definition) is 0.